The molecule has 8 heteroatoms. The van der Waals surface area contributed by atoms with Gasteiger partial charge in [0.25, 0.3) is 0 Å². The summed E-state index contributed by atoms with van der Waals surface area (Å²) in [6, 6.07) is 13.3. The maximum absolute atomic E-state index is 13.4. The molecule has 3 amide bonds. The Morgan fingerprint density at radius 2 is 1.82 bits per heavy atom. The molecular formula is C26H33N3O5. The van der Waals surface area contributed by atoms with Gasteiger partial charge in [0.15, 0.2) is 11.5 Å². The van der Waals surface area contributed by atoms with Gasteiger partial charge in [-0.05, 0) is 37.5 Å². The fourth-order valence-electron chi connectivity index (χ4n) is 4.62. The Morgan fingerprint density at radius 1 is 1.06 bits per heavy atom. The maximum atomic E-state index is 13.4. The molecule has 0 radical (unpaired) electrons. The number of carbonyl (C=O) groups excluding carboxylic acids is 2. The first kappa shape index (κ1) is 23.7. The van der Waals surface area contributed by atoms with E-state index in [0.717, 1.165) is 23.4 Å². The SMILES string of the molecule is CC[C@@H]1CN(C(=O)N2CCC(C(=O)NCc3cccc(OC)c3OC)CC2)c2ccccc2O1. The Labute approximate surface area is 200 Å². The van der Waals surface area contributed by atoms with Gasteiger partial charge in [0.2, 0.25) is 5.91 Å². The van der Waals surface area contributed by atoms with Gasteiger partial charge in [0.05, 0.1) is 26.5 Å². The number of ether oxygens (including phenoxy) is 3. The van der Waals surface area contributed by atoms with Crippen LogP contribution in [0.25, 0.3) is 0 Å². The molecule has 0 unspecified atom stereocenters. The second-order valence-electron chi connectivity index (χ2n) is 8.64. The van der Waals surface area contributed by atoms with E-state index in [1.807, 2.05) is 52.3 Å². The van der Waals surface area contributed by atoms with E-state index >= 15 is 0 Å². The molecule has 1 fully saturated rings. The van der Waals surface area contributed by atoms with Crippen molar-refractivity contribution in [3.63, 3.8) is 0 Å². The van der Waals surface area contributed by atoms with E-state index in [1.165, 1.54) is 0 Å². The Kier molecular flexibility index (Phi) is 7.45. The first-order chi connectivity index (χ1) is 16.5. The summed E-state index contributed by atoms with van der Waals surface area (Å²) in [7, 11) is 3.18. The number of hydrogen-bond donors (Lipinski definition) is 1. The van der Waals surface area contributed by atoms with Crippen molar-refractivity contribution in [3.8, 4) is 17.2 Å². The average Bonchev–Trinajstić information content (AvgIpc) is 2.90. The van der Waals surface area contributed by atoms with Crippen molar-refractivity contribution in [2.75, 3.05) is 38.8 Å². The minimum atomic E-state index is -0.124. The molecular weight excluding hydrogens is 434 g/mol. The molecule has 0 aliphatic carbocycles. The zero-order valence-electron chi connectivity index (χ0n) is 20.1. The van der Waals surface area contributed by atoms with Crippen LogP contribution in [0.15, 0.2) is 42.5 Å². The second kappa shape index (κ2) is 10.7. The van der Waals surface area contributed by atoms with Crippen LogP contribution in [-0.2, 0) is 11.3 Å². The molecule has 2 aliphatic rings. The number of para-hydroxylation sites is 3. The van der Waals surface area contributed by atoms with Crippen molar-refractivity contribution in [1.29, 1.82) is 0 Å². The molecule has 1 saturated heterocycles. The van der Waals surface area contributed by atoms with Gasteiger partial charge in [-0.1, -0.05) is 31.2 Å². The molecule has 2 aromatic carbocycles. The van der Waals surface area contributed by atoms with Gasteiger partial charge >= 0.3 is 6.03 Å². The first-order valence-corrected chi connectivity index (χ1v) is 11.8. The van der Waals surface area contributed by atoms with Gasteiger partial charge in [-0.15, -0.1) is 0 Å². The number of urea groups is 1. The molecule has 0 aromatic heterocycles. The normalized spacial score (nSPS) is 18.0. The molecule has 8 nitrogen and oxygen atoms in total. The number of nitrogens with one attached hydrogen (secondary N) is 1. The number of likely N-dealkylation sites (tertiary alicyclic amines) is 1. The lowest BCUT2D eigenvalue weighted by Crippen LogP contribution is -2.52. The van der Waals surface area contributed by atoms with Crippen LogP contribution in [0.3, 0.4) is 0 Å². The van der Waals surface area contributed by atoms with Crippen LogP contribution in [0.2, 0.25) is 0 Å². The van der Waals surface area contributed by atoms with Crippen LogP contribution in [0, 0.1) is 5.92 Å². The summed E-state index contributed by atoms with van der Waals surface area (Å²) in [4.78, 5) is 29.9. The maximum Gasteiger partial charge on any atom is 0.324 e. The quantitative estimate of drug-likeness (QED) is 0.699. The average molecular weight is 468 g/mol. The summed E-state index contributed by atoms with van der Waals surface area (Å²) in [6.45, 7) is 4.06. The van der Waals surface area contributed by atoms with Crippen LogP contribution in [0.5, 0.6) is 17.2 Å². The number of rotatable bonds is 6. The molecule has 34 heavy (non-hydrogen) atoms. The van der Waals surface area contributed by atoms with E-state index in [2.05, 4.69) is 12.2 Å². The predicted octanol–water partition coefficient (Wildman–Crippen LogP) is 3.83. The van der Waals surface area contributed by atoms with Crippen molar-refractivity contribution in [1.82, 2.24) is 10.2 Å². The number of piperidine rings is 1. The van der Waals surface area contributed by atoms with Crippen molar-refractivity contribution in [2.24, 2.45) is 5.92 Å². The molecule has 0 bridgehead atoms. The molecule has 4 rings (SSSR count). The van der Waals surface area contributed by atoms with Gasteiger partial charge in [0, 0.05) is 31.1 Å². The molecule has 0 spiro atoms. The van der Waals surface area contributed by atoms with Crippen LogP contribution in [0.1, 0.15) is 31.7 Å². The van der Waals surface area contributed by atoms with Crippen molar-refractivity contribution in [2.45, 2.75) is 38.8 Å². The molecule has 2 aromatic rings. The summed E-state index contributed by atoms with van der Waals surface area (Å²) in [5.41, 5.74) is 1.67. The van der Waals surface area contributed by atoms with Gasteiger partial charge in [-0.3, -0.25) is 9.69 Å². The minimum Gasteiger partial charge on any atom is -0.493 e. The van der Waals surface area contributed by atoms with E-state index < -0.39 is 0 Å². The number of fused-ring (bicyclic) bond motifs is 1. The molecule has 1 atom stereocenters. The Bertz CT molecular complexity index is 1020. The van der Waals surface area contributed by atoms with Crippen molar-refractivity contribution >= 4 is 17.6 Å². The van der Waals surface area contributed by atoms with E-state index in [4.69, 9.17) is 14.2 Å². The van der Waals surface area contributed by atoms with Gasteiger partial charge in [0.1, 0.15) is 11.9 Å². The first-order valence-electron chi connectivity index (χ1n) is 11.8. The van der Waals surface area contributed by atoms with Crippen molar-refractivity contribution < 1.29 is 23.8 Å². The van der Waals surface area contributed by atoms with Crippen LogP contribution >= 0.6 is 0 Å². The highest BCUT2D eigenvalue weighted by Crippen LogP contribution is 2.35. The summed E-state index contributed by atoms with van der Waals surface area (Å²) in [5.74, 6) is 1.88. The molecule has 1 N–H and O–H groups in total. The predicted molar refractivity (Wildman–Crippen MR) is 130 cm³/mol. The lowest BCUT2D eigenvalue weighted by atomic mass is 9.96. The third-order valence-electron chi connectivity index (χ3n) is 6.60. The highest BCUT2D eigenvalue weighted by atomic mass is 16.5. The standard InChI is InChI=1S/C26H33N3O5/c1-4-20-17-29(21-9-5-6-10-22(21)34-20)26(31)28-14-12-18(13-15-28)25(30)27-16-19-8-7-11-23(32-2)24(19)33-3/h5-11,18,20H,4,12-17H2,1-3H3,(H,27,30)/t20-/m1/s1. The lowest BCUT2D eigenvalue weighted by molar-refractivity contribution is -0.126. The third-order valence-corrected chi connectivity index (χ3v) is 6.60. The number of benzene rings is 2. The minimum absolute atomic E-state index is 0.000243. The summed E-state index contributed by atoms with van der Waals surface area (Å²) < 4.78 is 16.8. The number of methoxy groups -OCH3 is 2. The number of anilines is 1. The number of nitrogens with zero attached hydrogens (tertiary/aromatic N) is 2. The largest absolute Gasteiger partial charge is 0.493 e. The van der Waals surface area contributed by atoms with E-state index in [0.29, 0.717) is 50.5 Å². The molecule has 2 heterocycles. The highest BCUT2D eigenvalue weighted by molar-refractivity contribution is 5.94. The van der Waals surface area contributed by atoms with Gasteiger partial charge in [-0.2, -0.15) is 0 Å². The number of carbonyl (C=O) groups is 2. The van der Waals surface area contributed by atoms with E-state index in [9.17, 15) is 9.59 Å². The third kappa shape index (κ3) is 4.90. The lowest BCUT2D eigenvalue weighted by Gasteiger charge is -2.39. The van der Waals surface area contributed by atoms with Crippen LogP contribution in [-0.4, -0.2) is 56.8 Å². The van der Waals surface area contributed by atoms with Crippen molar-refractivity contribution in [3.05, 3.63) is 48.0 Å². The smallest absolute Gasteiger partial charge is 0.324 e. The highest BCUT2D eigenvalue weighted by Gasteiger charge is 2.34. The monoisotopic (exact) mass is 467 g/mol. The topological polar surface area (TPSA) is 80.3 Å². The summed E-state index contributed by atoms with van der Waals surface area (Å²) in [5, 5.41) is 3.02. The van der Waals surface area contributed by atoms with E-state index in [-0.39, 0.29) is 24.0 Å². The fourth-order valence-corrected chi connectivity index (χ4v) is 4.62. The van der Waals surface area contributed by atoms with Crippen LogP contribution < -0.4 is 24.4 Å². The zero-order chi connectivity index (χ0) is 24.1. The zero-order valence-corrected chi connectivity index (χ0v) is 20.1. The Balaban J connectivity index is 1.34. The Morgan fingerprint density at radius 3 is 2.53 bits per heavy atom. The van der Waals surface area contributed by atoms with Gasteiger partial charge in [-0.25, -0.2) is 4.79 Å². The van der Waals surface area contributed by atoms with Gasteiger partial charge < -0.3 is 24.4 Å². The number of hydrogen-bond acceptors (Lipinski definition) is 5. The summed E-state index contributed by atoms with van der Waals surface area (Å²) >= 11 is 0. The molecule has 2 aliphatic heterocycles. The molecule has 0 saturated carbocycles. The fraction of sp³-hybridized carbons (Fsp3) is 0.462. The summed E-state index contributed by atoms with van der Waals surface area (Å²) in [6.07, 6.45) is 2.08. The Hall–Kier alpha value is -3.42. The second-order valence-corrected chi connectivity index (χ2v) is 8.64. The number of amides is 3. The van der Waals surface area contributed by atoms with E-state index in [1.54, 1.807) is 14.2 Å². The van der Waals surface area contributed by atoms with Crippen LogP contribution in [0.4, 0.5) is 10.5 Å². The molecule has 182 valence electrons.